The van der Waals surface area contributed by atoms with E-state index < -0.39 is 17.4 Å². The Morgan fingerprint density at radius 2 is 0.520 bits per heavy atom. The molecular weight excluding hydrogens is 925 g/mol. The summed E-state index contributed by atoms with van der Waals surface area (Å²) in [6.45, 7) is 29.6. The highest BCUT2D eigenvalue weighted by Crippen LogP contribution is 2.43. The van der Waals surface area contributed by atoms with Gasteiger partial charge < -0.3 is 19.7 Å². The second-order valence-corrected chi connectivity index (χ2v) is 27.4. The molecule has 2 rings (SSSR count). The highest BCUT2D eigenvalue weighted by atomic mass is 16.6. The van der Waals surface area contributed by atoms with E-state index in [1.165, 1.54) is 167 Å². The molecule has 75 heavy (non-hydrogen) atoms. The van der Waals surface area contributed by atoms with E-state index in [4.69, 9.17) is 9.47 Å². The number of aromatic hydroxyl groups is 2. The zero-order valence-electron chi connectivity index (χ0n) is 51.8. The third-order valence-electron chi connectivity index (χ3n) is 16.0. The van der Waals surface area contributed by atoms with E-state index in [2.05, 4.69) is 96.9 Å². The van der Waals surface area contributed by atoms with Gasteiger partial charge in [-0.15, -0.1) is 0 Å². The molecule has 6 heteroatoms. The first kappa shape index (κ1) is 68.1. The highest BCUT2D eigenvalue weighted by Gasteiger charge is 2.48. The molecule has 0 amide bonds. The van der Waals surface area contributed by atoms with Crippen LogP contribution in [0.15, 0.2) is 24.3 Å². The van der Waals surface area contributed by atoms with Crippen molar-refractivity contribution in [3.63, 3.8) is 0 Å². The van der Waals surface area contributed by atoms with Crippen molar-refractivity contribution in [1.29, 1.82) is 0 Å². The van der Waals surface area contributed by atoms with Gasteiger partial charge in [-0.2, -0.15) is 0 Å². The van der Waals surface area contributed by atoms with E-state index >= 15 is 9.59 Å². The maximum absolute atomic E-state index is 15.1. The average molecular weight is 1050 g/mol. The van der Waals surface area contributed by atoms with Crippen molar-refractivity contribution in [2.24, 2.45) is 5.41 Å². The molecule has 0 aliphatic heterocycles. The minimum atomic E-state index is -1.46. The molecule has 0 radical (unpaired) electrons. The summed E-state index contributed by atoms with van der Waals surface area (Å²) >= 11 is 0. The van der Waals surface area contributed by atoms with E-state index in [9.17, 15) is 10.2 Å². The molecule has 0 heterocycles. The summed E-state index contributed by atoms with van der Waals surface area (Å²) < 4.78 is 12.8. The van der Waals surface area contributed by atoms with Crippen LogP contribution in [0.4, 0.5) is 0 Å². The van der Waals surface area contributed by atoms with Crippen molar-refractivity contribution in [2.45, 2.75) is 350 Å². The smallest absolute Gasteiger partial charge is 0.323 e. The monoisotopic (exact) mass is 1040 g/mol. The normalized spacial score (nSPS) is 12.7. The fourth-order valence-corrected chi connectivity index (χ4v) is 11.0. The fourth-order valence-electron chi connectivity index (χ4n) is 11.0. The van der Waals surface area contributed by atoms with Crippen LogP contribution >= 0.6 is 0 Å². The third-order valence-corrected chi connectivity index (χ3v) is 16.0. The van der Waals surface area contributed by atoms with Gasteiger partial charge in [0.15, 0.2) is 5.41 Å². The van der Waals surface area contributed by atoms with Crippen LogP contribution in [0.3, 0.4) is 0 Å². The van der Waals surface area contributed by atoms with Gasteiger partial charge in [-0.25, -0.2) is 0 Å². The van der Waals surface area contributed by atoms with Crippen LogP contribution in [0.2, 0.25) is 0 Å². The molecule has 6 nitrogen and oxygen atoms in total. The maximum atomic E-state index is 15.1. The van der Waals surface area contributed by atoms with Gasteiger partial charge >= 0.3 is 11.9 Å². The van der Waals surface area contributed by atoms with Crippen LogP contribution in [-0.4, -0.2) is 22.2 Å². The molecule has 432 valence electrons. The van der Waals surface area contributed by atoms with Crippen molar-refractivity contribution in [3.05, 3.63) is 57.6 Å². The van der Waals surface area contributed by atoms with E-state index in [0.717, 1.165) is 71.9 Å². The minimum absolute atomic E-state index is 0.0000676. The third kappa shape index (κ3) is 26.5. The molecule has 0 unspecified atom stereocenters. The van der Waals surface area contributed by atoms with Crippen molar-refractivity contribution in [2.75, 3.05) is 0 Å². The number of unbranched alkanes of at least 4 members (excludes halogenated alkanes) is 30. The quantitative estimate of drug-likeness (QED) is 0.0392. The summed E-state index contributed by atoms with van der Waals surface area (Å²) in [7, 11) is 0. The van der Waals surface area contributed by atoms with Crippen LogP contribution in [-0.2, 0) is 53.9 Å². The van der Waals surface area contributed by atoms with E-state index in [-0.39, 0.29) is 46.4 Å². The first-order chi connectivity index (χ1) is 35.4. The van der Waals surface area contributed by atoms with Crippen LogP contribution in [0.25, 0.3) is 0 Å². The van der Waals surface area contributed by atoms with Gasteiger partial charge in [0.2, 0.25) is 0 Å². The predicted molar refractivity (Wildman–Crippen MR) is 321 cm³/mol. The van der Waals surface area contributed by atoms with Gasteiger partial charge in [0.1, 0.15) is 24.7 Å². The van der Waals surface area contributed by atoms with Gasteiger partial charge in [-0.1, -0.05) is 302 Å². The Morgan fingerprint density at radius 1 is 0.333 bits per heavy atom. The first-order valence-corrected chi connectivity index (χ1v) is 31.5. The number of benzene rings is 2. The maximum Gasteiger partial charge on any atom is 0.323 e. The van der Waals surface area contributed by atoms with Crippen LogP contribution in [0, 0.1) is 5.41 Å². The number of esters is 2. The number of phenols is 2. The average Bonchev–Trinajstić information content (AvgIpc) is 3.33. The lowest BCUT2D eigenvalue weighted by Gasteiger charge is -2.31. The second-order valence-electron chi connectivity index (χ2n) is 27.4. The molecular formula is C69H120O6. The predicted octanol–water partition coefficient (Wildman–Crippen LogP) is 21.4. The van der Waals surface area contributed by atoms with E-state index in [0.29, 0.717) is 12.8 Å². The largest absolute Gasteiger partial charge is 0.507 e. The number of rotatable bonds is 40. The Kier molecular flexibility index (Phi) is 32.2. The Balaban J connectivity index is 2.34. The van der Waals surface area contributed by atoms with E-state index in [1.807, 2.05) is 24.3 Å². The lowest BCUT2D eigenvalue weighted by Crippen LogP contribution is -2.42. The van der Waals surface area contributed by atoms with Gasteiger partial charge in [-0.3, -0.25) is 9.59 Å². The van der Waals surface area contributed by atoms with Gasteiger partial charge in [0.25, 0.3) is 0 Å². The number of hydrogen-bond acceptors (Lipinski definition) is 6. The van der Waals surface area contributed by atoms with E-state index in [1.54, 1.807) is 0 Å². The topological polar surface area (TPSA) is 93.1 Å². The standard InChI is InChI=1S/C69H120O6/c1-15-17-19-21-23-25-27-29-31-33-35-37-39-41-43-45-47-69(48-46-44-42-40-38-36-34-32-30-28-26-24-22-20-18-16-2,63(72)74-53-55-49-57(65(3,4)5)61(70)58(50-55)66(6,7)8)64(73)75-54-56-51-59(67(9,10)11)62(71)60(52-56)68(12,13)14/h49-52,70-71H,15-48,53-54H2,1-14H3. The highest BCUT2D eigenvalue weighted by molar-refractivity contribution is 6.00. The minimum Gasteiger partial charge on any atom is -0.507 e. The number of carbonyl (C=O) groups is 2. The molecule has 0 bridgehead atoms. The summed E-state index contributed by atoms with van der Waals surface area (Å²) in [4.78, 5) is 30.2. The summed E-state index contributed by atoms with van der Waals surface area (Å²) in [6, 6.07) is 7.86. The Labute approximate surface area is 463 Å². The summed E-state index contributed by atoms with van der Waals surface area (Å²) in [5.74, 6) is -0.441. The summed E-state index contributed by atoms with van der Waals surface area (Å²) in [5, 5.41) is 23.0. The van der Waals surface area contributed by atoms with Crippen molar-refractivity contribution >= 4 is 11.9 Å². The van der Waals surface area contributed by atoms with Crippen molar-refractivity contribution in [1.82, 2.24) is 0 Å². The van der Waals surface area contributed by atoms with Crippen LogP contribution < -0.4 is 0 Å². The molecule has 0 atom stereocenters. The van der Waals surface area contributed by atoms with Crippen molar-refractivity contribution in [3.8, 4) is 11.5 Å². The fraction of sp³-hybridized carbons (Fsp3) is 0.797. The Hall–Kier alpha value is -3.02. The molecule has 2 N–H and O–H groups in total. The molecule has 0 saturated heterocycles. The van der Waals surface area contributed by atoms with Crippen LogP contribution in [0.5, 0.6) is 11.5 Å². The van der Waals surface area contributed by atoms with Gasteiger partial charge in [0, 0.05) is 0 Å². The lowest BCUT2D eigenvalue weighted by atomic mass is 9.77. The first-order valence-electron chi connectivity index (χ1n) is 31.5. The molecule has 0 aromatic heterocycles. The number of carbonyl (C=O) groups excluding carboxylic acids is 2. The SMILES string of the molecule is CCCCCCCCCCCCCCCCCCC(CCCCCCCCCCCCCCCCCC)(C(=O)OCc1cc(C(C)(C)C)c(O)c(C(C)(C)C)c1)C(=O)OCc1cc(C(C)(C)C)c(O)c(C(C)(C)C)c1. The molecule has 0 aliphatic carbocycles. The molecule has 0 spiro atoms. The number of hydrogen-bond donors (Lipinski definition) is 2. The van der Waals surface area contributed by atoms with Crippen molar-refractivity contribution < 1.29 is 29.3 Å². The molecule has 0 aliphatic rings. The molecule has 2 aromatic carbocycles. The Morgan fingerprint density at radius 3 is 0.707 bits per heavy atom. The second kappa shape index (κ2) is 35.5. The summed E-state index contributed by atoms with van der Waals surface area (Å²) in [6.07, 6.45) is 40.8. The zero-order chi connectivity index (χ0) is 56.0. The van der Waals surface area contributed by atoms with Crippen LogP contribution in [0.1, 0.15) is 349 Å². The van der Waals surface area contributed by atoms with Gasteiger partial charge in [0.05, 0.1) is 0 Å². The Bertz CT molecular complexity index is 1660. The number of ether oxygens (including phenoxy) is 2. The molecule has 0 fully saturated rings. The number of phenolic OH excluding ortho intramolecular Hbond substituents is 2. The molecule has 0 saturated carbocycles. The zero-order valence-corrected chi connectivity index (χ0v) is 51.8. The lowest BCUT2D eigenvalue weighted by molar-refractivity contribution is -0.176. The molecule has 2 aromatic rings. The van der Waals surface area contributed by atoms with Gasteiger partial charge in [-0.05, 0) is 92.1 Å². The summed E-state index contributed by atoms with van der Waals surface area (Å²) in [5.41, 5.74) is 2.03.